The highest BCUT2D eigenvalue weighted by Gasteiger charge is 2.42. The van der Waals surface area contributed by atoms with Crippen LogP contribution in [0.1, 0.15) is 83.3 Å². The fraction of sp³-hybridized carbons (Fsp3) is 0.600. The molecular weight excluding hydrogens is 470 g/mol. The highest BCUT2D eigenvalue weighted by atomic mass is 16.8. The molecule has 1 fully saturated rings. The van der Waals surface area contributed by atoms with Crippen molar-refractivity contribution in [2.75, 3.05) is 11.9 Å². The summed E-state index contributed by atoms with van der Waals surface area (Å²) in [6.07, 6.45) is 3.39. The second-order valence-corrected chi connectivity index (χ2v) is 11.6. The van der Waals surface area contributed by atoms with Gasteiger partial charge in [-0.2, -0.15) is 0 Å². The zero-order valence-corrected chi connectivity index (χ0v) is 23.8. The number of benzene rings is 1. The summed E-state index contributed by atoms with van der Waals surface area (Å²) >= 11 is 0. The number of carbonyl (C=O) groups is 2. The molecule has 202 valence electrons. The molecule has 1 aromatic rings. The predicted octanol–water partition coefficient (Wildman–Crippen LogP) is 6.02. The molecule has 5 atom stereocenters. The SMILES string of the molecule is Cc1cc(N(C)C(=O)OC(C)(C)C)cc2c1C(=O)O[C@@H](C)[C@H](C)/C=C\[C@@H](C)[C@H]1OC(C)(C)O[C@H]1CC#C2. The largest absolute Gasteiger partial charge is 0.458 e. The average molecular weight is 512 g/mol. The van der Waals surface area contributed by atoms with Gasteiger partial charge in [-0.15, -0.1) is 0 Å². The van der Waals surface area contributed by atoms with Gasteiger partial charge in [0.25, 0.3) is 0 Å². The molecule has 7 heteroatoms. The molecule has 0 saturated carbocycles. The van der Waals surface area contributed by atoms with Gasteiger partial charge in [-0.05, 0) is 66.2 Å². The summed E-state index contributed by atoms with van der Waals surface area (Å²) in [7, 11) is 1.64. The molecule has 0 aromatic heterocycles. The van der Waals surface area contributed by atoms with Crippen LogP contribution in [-0.4, -0.2) is 48.8 Å². The Kier molecular flexibility index (Phi) is 8.46. The fourth-order valence-electron chi connectivity index (χ4n) is 4.43. The molecule has 0 spiro atoms. The summed E-state index contributed by atoms with van der Waals surface area (Å²) in [4.78, 5) is 27.5. The van der Waals surface area contributed by atoms with E-state index in [-0.39, 0.29) is 30.1 Å². The molecule has 1 saturated heterocycles. The second kappa shape index (κ2) is 10.9. The third-order valence-corrected chi connectivity index (χ3v) is 6.60. The van der Waals surface area contributed by atoms with Crippen LogP contribution in [0.15, 0.2) is 24.3 Å². The van der Waals surface area contributed by atoms with Crippen LogP contribution >= 0.6 is 0 Å². The van der Waals surface area contributed by atoms with E-state index in [1.807, 2.05) is 55.4 Å². The Morgan fingerprint density at radius 1 is 1.11 bits per heavy atom. The average Bonchev–Trinajstić information content (AvgIpc) is 3.08. The van der Waals surface area contributed by atoms with Gasteiger partial charge in [0.05, 0.1) is 17.8 Å². The molecule has 7 nitrogen and oxygen atoms in total. The Balaban J connectivity index is 2.06. The molecule has 2 aliphatic rings. The monoisotopic (exact) mass is 511 g/mol. The van der Waals surface area contributed by atoms with Crippen molar-refractivity contribution in [3.8, 4) is 11.8 Å². The number of anilines is 1. The molecule has 1 aromatic carbocycles. The molecule has 37 heavy (non-hydrogen) atoms. The number of hydrogen-bond acceptors (Lipinski definition) is 6. The van der Waals surface area contributed by atoms with Gasteiger partial charge in [0.2, 0.25) is 0 Å². The van der Waals surface area contributed by atoms with Gasteiger partial charge in [-0.1, -0.05) is 37.8 Å². The topological polar surface area (TPSA) is 74.3 Å². The molecule has 0 N–H and O–H groups in total. The van der Waals surface area contributed by atoms with Crippen molar-refractivity contribution in [1.82, 2.24) is 0 Å². The maximum Gasteiger partial charge on any atom is 0.414 e. The van der Waals surface area contributed by atoms with Gasteiger partial charge in [0.1, 0.15) is 11.7 Å². The van der Waals surface area contributed by atoms with E-state index in [2.05, 4.69) is 30.9 Å². The highest BCUT2D eigenvalue weighted by molar-refractivity contribution is 5.96. The van der Waals surface area contributed by atoms with Crippen molar-refractivity contribution < 1.29 is 28.5 Å². The van der Waals surface area contributed by atoms with Crippen molar-refractivity contribution in [2.24, 2.45) is 11.8 Å². The van der Waals surface area contributed by atoms with Crippen LogP contribution < -0.4 is 4.90 Å². The molecule has 2 heterocycles. The number of amides is 1. The normalized spacial score (nSPS) is 28.5. The van der Waals surface area contributed by atoms with Crippen LogP contribution in [0.25, 0.3) is 0 Å². The lowest BCUT2D eigenvalue weighted by Crippen LogP contribution is -2.34. The van der Waals surface area contributed by atoms with Crippen LogP contribution in [0.4, 0.5) is 10.5 Å². The minimum atomic E-state index is -0.706. The minimum absolute atomic E-state index is 0.00413. The Morgan fingerprint density at radius 3 is 2.41 bits per heavy atom. The quantitative estimate of drug-likeness (QED) is 0.261. The summed E-state index contributed by atoms with van der Waals surface area (Å²) in [5.41, 5.74) is 1.49. The van der Waals surface area contributed by atoms with Gasteiger partial charge >= 0.3 is 12.1 Å². The first kappa shape index (κ1) is 28.7. The Labute approximate surface area is 221 Å². The molecule has 0 unspecified atom stereocenters. The minimum Gasteiger partial charge on any atom is -0.458 e. The third kappa shape index (κ3) is 7.15. The third-order valence-electron chi connectivity index (χ3n) is 6.60. The Hall–Kier alpha value is -2.82. The molecule has 2 aliphatic heterocycles. The van der Waals surface area contributed by atoms with E-state index in [1.165, 1.54) is 4.90 Å². The maximum absolute atomic E-state index is 13.3. The van der Waals surface area contributed by atoms with Gasteiger partial charge in [-0.25, -0.2) is 9.59 Å². The van der Waals surface area contributed by atoms with Gasteiger partial charge in [0.15, 0.2) is 5.79 Å². The first-order chi connectivity index (χ1) is 17.1. The number of esters is 1. The van der Waals surface area contributed by atoms with Crippen molar-refractivity contribution in [3.63, 3.8) is 0 Å². The van der Waals surface area contributed by atoms with Gasteiger partial charge in [0, 0.05) is 36.6 Å². The van der Waals surface area contributed by atoms with Gasteiger partial charge < -0.3 is 18.9 Å². The molecule has 0 radical (unpaired) electrons. The first-order valence-electron chi connectivity index (χ1n) is 12.9. The van der Waals surface area contributed by atoms with E-state index in [0.717, 1.165) is 0 Å². The number of cyclic esters (lactones) is 1. The molecule has 0 bridgehead atoms. The first-order valence-corrected chi connectivity index (χ1v) is 12.9. The number of ether oxygens (including phenoxy) is 4. The second-order valence-electron chi connectivity index (χ2n) is 11.6. The Bertz CT molecular complexity index is 1120. The summed E-state index contributed by atoms with van der Waals surface area (Å²) in [5.74, 6) is 5.31. The van der Waals surface area contributed by atoms with E-state index in [4.69, 9.17) is 18.9 Å². The van der Waals surface area contributed by atoms with Crippen molar-refractivity contribution >= 4 is 17.7 Å². The standard InChI is InChI=1S/C30H41NO6/c1-18-14-15-19(2)26-24(35-30(8,9)36-26)13-11-12-22-17-23(31(10)28(33)37-29(5,6)7)16-20(3)25(22)27(32)34-21(18)4/h14-19,21,24,26H,13H2,1-10H3/b15-14-/t18-,19-,21+,24+,26-/m1/s1. The Morgan fingerprint density at radius 2 is 1.76 bits per heavy atom. The zero-order valence-electron chi connectivity index (χ0n) is 23.8. The lowest BCUT2D eigenvalue weighted by Gasteiger charge is -2.26. The summed E-state index contributed by atoms with van der Waals surface area (Å²) in [5, 5.41) is 0. The van der Waals surface area contributed by atoms with E-state index < -0.39 is 23.5 Å². The van der Waals surface area contributed by atoms with Crippen molar-refractivity contribution in [1.29, 1.82) is 0 Å². The van der Waals surface area contributed by atoms with Crippen LogP contribution in [-0.2, 0) is 18.9 Å². The highest BCUT2D eigenvalue weighted by Crippen LogP contribution is 2.35. The van der Waals surface area contributed by atoms with Crippen molar-refractivity contribution in [3.05, 3.63) is 41.0 Å². The van der Waals surface area contributed by atoms with Crippen LogP contribution in [0.2, 0.25) is 0 Å². The smallest absolute Gasteiger partial charge is 0.414 e. The van der Waals surface area contributed by atoms with E-state index in [9.17, 15) is 9.59 Å². The lowest BCUT2D eigenvalue weighted by atomic mass is 9.94. The molecular formula is C30H41NO6. The van der Waals surface area contributed by atoms with Crippen LogP contribution in [0.3, 0.4) is 0 Å². The lowest BCUT2D eigenvalue weighted by molar-refractivity contribution is -0.148. The maximum atomic E-state index is 13.3. The number of hydrogen-bond donors (Lipinski definition) is 0. The summed E-state index contributed by atoms with van der Waals surface area (Å²) < 4.78 is 23.8. The van der Waals surface area contributed by atoms with Crippen LogP contribution in [0.5, 0.6) is 0 Å². The number of aryl methyl sites for hydroxylation is 1. The number of nitrogens with zero attached hydrogens (tertiary/aromatic N) is 1. The number of rotatable bonds is 1. The van der Waals surface area contributed by atoms with Crippen LogP contribution in [0, 0.1) is 30.6 Å². The molecule has 1 amide bonds. The van der Waals surface area contributed by atoms with E-state index in [0.29, 0.717) is 28.8 Å². The van der Waals surface area contributed by atoms with Crippen molar-refractivity contribution in [2.45, 2.75) is 98.4 Å². The zero-order chi connectivity index (χ0) is 27.7. The summed E-state index contributed by atoms with van der Waals surface area (Å²) in [6, 6.07) is 3.51. The molecule has 3 rings (SSSR count). The summed E-state index contributed by atoms with van der Waals surface area (Å²) in [6.45, 7) is 17.1. The van der Waals surface area contributed by atoms with E-state index in [1.54, 1.807) is 19.2 Å². The number of carbonyl (C=O) groups excluding carboxylic acids is 2. The van der Waals surface area contributed by atoms with E-state index >= 15 is 0 Å². The predicted molar refractivity (Wildman–Crippen MR) is 143 cm³/mol. The molecule has 0 aliphatic carbocycles. The fourth-order valence-corrected chi connectivity index (χ4v) is 4.43. The van der Waals surface area contributed by atoms with Gasteiger partial charge in [-0.3, -0.25) is 4.90 Å². The number of fused-ring (bicyclic) bond motifs is 2.